The standard InChI is InChI=1S/C10H22N2O2/c1-5-10(3,4)14-7-8(9(11)13)12-6-2/h8,12H,5-7H2,1-4H3,(H2,11,13). The lowest BCUT2D eigenvalue weighted by Gasteiger charge is -2.26. The average molecular weight is 202 g/mol. The lowest BCUT2D eigenvalue weighted by molar-refractivity contribution is -0.123. The van der Waals surface area contributed by atoms with E-state index in [0.717, 1.165) is 6.42 Å². The van der Waals surface area contributed by atoms with Crippen LogP contribution in [0.2, 0.25) is 0 Å². The summed E-state index contributed by atoms with van der Waals surface area (Å²) in [5, 5.41) is 2.98. The lowest BCUT2D eigenvalue weighted by atomic mass is 10.1. The van der Waals surface area contributed by atoms with Gasteiger partial charge in [0.15, 0.2) is 0 Å². The molecular weight excluding hydrogens is 180 g/mol. The summed E-state index contributed by atoms with van der Waals surface area (Å²) in [6.45, 7) is 9.02. The van der Waals surface area contributed by atoms with E-state index in [-0.39, 0.29) is 17.6 Å². The molecular formula is C10H22N2O2. The molecule has 0 bridgehead atoms. The number of nitrogens with one attached hydrogen (secondary N) is 1. The Morgan fingerprint density at radius 2 is 2.07 bits per heavy atom. The van der Waals surface area contributed by atoms with Gasteiger partial charge >= 0.3 is 0 Å². The third-order valence-corrected chi connectivity index (χ3v) is 2.29. The number of nitrogens with two attached hydrogens (primary N) is 1. The Labute approximate surface area is 86.2 Å². The van der Waals surface area contributed by atoms with Crippen LogP contribution < -0.4 is 11.1 Å². The van der Waals surface area contributed by atoms with Crippen molar-refractivity contribution in [3.63, 3.8) is 0 Å². The van der Waals surface area contributed by atoms with Crippen LogP contribution in [0.5, 0.6) is 0 Å². The Bertz CT molecular complexity index is 181. The zero-order chi connectivity index (χ0) is 11.2. The largest absolute Gasteiger partial charge is 0.373 e. The SMILES string of the molecule is CCNC(COC(C)(C)CC)C(N)=O. The van der Waals surface area contributed by atoms with E-state index in [1.54, 1.807) is 0 Å². The van der Waals surface area contributed by atoms with Crippen LogP contribution in [0.1, 0.15) is 34.1 Å². The molecule has 0 aromatic rings. The van der Waals surface area contributed by atoms with Crippen LogP contribution in [0.15, 0.2) is 0 Å². The topological polar surface area (TPSA) is 64.3 Å². The molecule has 1 amide bonds. The van der Waals surface area contributed by atoms with Crippen LogP contribution in [0.4, 0.5) is 0 Å². The van der Waals surface area contributed by atoms with Gasteiger partial charge in [-0.05, 0) is 26.8 Å². The second kappa shape index (κ2) is 5.98. The van der Waals surface area contributed by atoms with Gasteiger partial charge < -0.3 is 15.8 Å². The predicted molar refractivity (Wildman–Crippen MR) is 57.0 cm³/mol. The Kier molecular flexibility index (Phi) is 5.72. The Morgan fingerprint density at radius 3 is 2.43 bits per heavy atom. The van der Waals surface area contributed by atoms with Crippen LogP contribution >= 0.6 is 0 Å². The first-order valence-electron chi connectivity index (χ1n) is 5.09. The van der Waals surface area contributed by atoms with E-state index in [1.807, 2.05) is 27.7 Å². The van der Waals surface area contributed by atoms with Gasteiger partial charge in [-0.2, -0.15) is 0 Å². The number of carbonyl (C=O) groups is 1. The van der Waals surface area contributed by atoms with E-state index in [1.165, 1.54) is 0 Å². The molecule has 0 spiro atoms. The van der Waals surface area contributed by atoms with Gasteiger partial charge in [-0.3, -0.25) is 4.79 Å². The van der Waals surface area contributed by atoms with Crippen LogP contribution in [0.25, 0.3) is 0 Å². The van der Waals surface area contributed by atoms with Crippen molar-refractivity contribution >= 4 is 5.91 Å². The summed E-state index contributed by atoms with van der Waals surface area (Å²) >= 11 is 0. The van der Waals surface area contributed by atoms with E-state index in [2.05, 4.69) is 5.32 Å². The van der Waals surface area contributed by atoms with Gasteiger partial charge in [-0.25, -0.2) is 0 Å². The van der Waals surface area contributed by atoms with Crippen molar-refractivity contribution in [3.05, 3.63) is 0 Å². The molecule has 0 rings (SSSR count). The molecule has 0 aromatic carbocycles. The van der Waals surface area contributed by atoms with Gasteiger partial charge in [0.05, 0.1) is 12.2 Å². The molecule has 0 aliphatic heterocycles. The van der Waals surface area contributed by atoms with Crippen LogP contribution in [-0.4, -0.2) is 30.7 Å². The highest BCUT2D eigenvalue weighted by molar-refractivity contribution is 5.79. The molecule has 0 saturated carbocycles. The molecule has 4 heteroatoms. The minimum Gasteiger partial charge on any atom is -0.373 e. The summed E-state index contributed by atoms with van der Waals surface area (Å²) in [6.07, 6.45) is 0.907. The molecule has 0 fully saturated rings. The fourth-order valence-corrected chi connectivity index (χ4v) is 0.899. The number of likely N-dealkylation sites (N-methyl/N-ethyl adjacent to an activating group) is 1. The van der Waals surface area contributed by atoms with E-state index in [9.17, 15) is 4.79 Å². The fraction of sp³-hybridized carbons (Fsp3) is 0.900. The van der Waals surface area contributed by atoms with Gasteiger partial charge in [0.2, 0.25) is 5.91 Å². The quantitative estimate of drug-likeness (QED) is 0.637. The van der Waals surface area contributed by atoms with Crippen LogP contribution in [-0.2, 0) is 9.53 Å². The van der Waals surface area contributed by atoms with E-state index in [0.29, 0.717) is 13.2 Å². The molecule has 1 unspecified atom stereocenters. The van der Waals surface area contributed by atoms with Crippen molar-refractivity contribution in [3.8, 4) is 0 Å². The second-order valence-electron chi connectivity index (χ2n) is 3.94. The maximum Gasteiger partial charge on any atom is 0.236 e. The summed E-state index contributed by atoms with van der Waals surface area (Å²) in [4.78, 5) is 11.0. The summed E-state index contributed by atoms with van der Waals surface area (Å²) < 4.78 is 5.59. The van der Waals surface area contributed by atoms with Crippen LogP contribution in [0.3, 0.4) is 0 Å². The first kappa shape index (κ1) is 13.4. The number of primary amides is 1. The van der Waals surface area contributed by atoms with Crippen molar-refractivity contribution < 1.29 is 9.53 Å². The van der Waals surface area contributed by atoms with Gasteiger partial charge in [-0.1, -0.05) is 13.8 Å². The zero-order valence-electron chi connectivity index (χ0n) is 9.59. The van der Waals surface area contributed by atoms with Crippen LogP contribution in [0, 0.1) is 0 Å². The summed E-state index contributed by atoms with van der Waals surface area (Å²) in [5.41, 5.74) is 5.02. The number of ether oxygens (including phenoxy) is 1. The van der Waals surface area contributed by atoms with Gasteiger partial charge in [0, 0.05) is 0 Å². The molecule has 0 radical (unpaired) electrons. The minimum absolute atomic E-state index is 0.191. The molecule has 0 aromatic heterocycles. The molecule has 84 valence electrons. The molecule has 4 nitrogen and oxygen atoms in total. The van der Waals surface area contributed by atoms with Crippen molar-refractivity contribution in [2.45, 2.75) is 45.8 Å². The summed E-state index contributed by atoms with van der Waals surface area (Å²) in [7, 11) is 0. The fourth-order valence-electron chi connectivity index (χ4n) is 0.899. The minimum atomic E-state index is -0.383. The molecule has 0 heterocycles. The monoisotopic (exact) mass is 202 g/mol. The highest BCUT2D eigenvalue weighted by atomic mass is 16.5. The average Bonchev–Trinajstić information content (AvgIpc) is 2.12. The first-order chi connectivity index (χ1) is 6.43. The van der Waals surface area contributed by atoms with E-state index < -0.39 is 0 Å². The predicted octanol–water partition coefficient (Wildman–Crippen LogP) is 0.655. The second-order valence-corrected chi connectivity index (χ2v) is 3.94. The summed E-state index contributed by atoms with van der Waals surface area (Å²) in [6, 6.07) is -0.383. The number of rotatable bonds is 7. The molecule has 3 N–H and O–H groups in total. The van der Waals surface area contributed by atoms with Gasteiger partial charge in [0.1, 0.15) is 6.04 Å². The van der Waals surface area contributed by atoms with Crippen molar-refractivity contribution in [1.82, 2.24) is 5.32 Å². The molecule has 1 atom stereocenters. The van der Waals surface area contributed by atoms with E-state index >= 15 is 0 Å². The van der Waals surface area contributed by atoms with Crippen molar-refractivity contribution in [2.24, 2.45) is 5.73 Å². The number of carbonyl (C=O) groups excluding carboxylic acids is 1. The number of hydrogen-bond donors (Lipinski definition) is 2. The molecule has 14 heavy (non-hydrogen) atoms. The van der Waals surface area contributed by atoms with E-state index in [4.69, 9.17) is 10.5 Å². The third kappa shape index (κ3) is 5.19. The molecule has 0 saturated heterocycles. The normalized spacial score (nSPS) is 14.0. The molecule has 0 aliphatic rings. The smallest absolute Gasteiger partial charge is 0.236 e. The zero-order valence-corrected chi connectivity index (χ0v) is 9.59. The van der Waals surface area contributed by atoms with Gasteiger partial charge in [-0.15, -0.1) is 0 Å². The highest BCUT2D eigenvalue weighted by Gasteiger charge is 2.20. The number of hydrogen-bond acceptors (Lipinski definition) is 3. The maximum absolute atomic E-state index is 11.0. The highest BCUT2D eigenvalue weighted by Crippen LogP contribution is 2.13. The lowest BCUT2D eigenvalue weighted by Crippen LogP contribution is -2.46. The Balaban J connectivity index is 3.99. The third-order valence-electron chi connectivity index (χ3n) is 2.29. The number of amides is 1. The van der Waals surface area contributed by atoms with Gasteiger partial charge in [0.25, 0.3) is 0 Å². The summed E-state index contributed by atoms with van der Waals surface area (Å²) in [5.74, 6) is -0.362. The first-order valence-corrected chi connectivity index (χ1v) is 5.09. The Morgan fingerprint density at radius 1 is 1.50 bits per heavy atom. The van der Waals surface area contributed by atoms with Crippen molar-refractivity contribution in [1.29, 1.82) is 0 Å². The van der Waals surface area contributed by atoms with Crippen molar-refractivity contribution in [2.75, 3.05) is 13.2 Å². The Hall–Kier alpha value is -0.610. The molecule has 0 aliphatic carbocycles. The maximum atomic E-state index is 11.0.